The van der Waals surface area contributed by atoms with Crippen LogP contribution in [0.1, 0.15) is 37.8 Å². The molecule has 6 heteroatoms. The highest BCUT2D eigenvalue weighted by Crippen LogP contribution is 2.24. The number of hydrogen-bond acceptors (Lipinski definition) is 3. The summed E-state index contributed by atoms with van der Waals surface area (Å²) in [6.07, 6.45) is 1.81. The van der Waals surface area contributed by atoms with Crippen molar-refractivity contribution in [2.45, 2.75) is 32.2 Å². The Labute approximate surface area is 135 Å². The summed E-state index contributed by atoms with van der Waals surface area (Å²) in [5, 5.41) is 8.62. The van der Waals surface area contributed by atoms with E-state index < -0.39 is 17.6 Å². The number of rotatable bonds is 7. The highest BCUT2D eigenvalue weighted by Gasteiger charge is 2.23. The minimum atomic E-state index is -0.745. The molecular weight excluding hydrogens is 302 g/mol. The average molecular weight is 326 g/mol. The third-order valence-electron chi connectivity index (χ3n) is 4.48. The molecule has 4 nitrogen and oxygen atoms in total. The quantitative estimate of drug-likeness (QED) is 0.783. The largest absolute Gasteiger partial charge is 0.481 e. The number of carboxylic acid groups (broad SMARTS) is 1. The van der Waals surface area contributed by atoms with Gasteiger partial charge in [-0.15, -0.1) is 0 Å². The number of carbonyl (C=O) groups is 1. The molecule has 1 saturated heterocycles. The maximum Gasteiger partial charge on any atom is 0.303 e. The molecule has 1 heterocycles. The fourth-order valence-electron chi connectivity index (χ4n) is 3.02. The number of piperazine rings is 1. The van der Waals surface area contributed by atoms with Crippen LogP contribution < -0.4 is 0 Å². The van der Waals surface area contributed by atoms with Gasteiger partial charge in [-0.1, -0.05) is 6.07 Å². The minimum Gasteiger partial charge on any atom is -0.481 e. The molecule has 0 spiro atoms. The molecule has 0 aliphatic carbocycles. The van der Waals surface area contributed by atoms with Crippen LogP contribution in [0.25, 0.3) is 0 Å². The van der Waals surface area contributed by atoms with Crippen molar-refractivity contribution in [3.8, 4) is 0 Å². The smallest absolute Gasteiger partial charge is 0.303 e. The first-order valence-electron chi connectivity index (χ1n) is 8.10. The number of aliphatic carboxylic acids is 1. The number of halogens is 2. The Kier molecular flexibility index (Phi) is 6.47. The molecule has 1 aliphatic heterocycles. The second-order valence-corrected chi connectivity index (χ2v) is 6.07. The molecule has 1 aromatic rings. The van der Waals surface area contributed by atoms with Crippen molar-refractivity contribution in [3.05, 3.63) is 35.4 Å². The van der Waals surface area contributed by atoms with Crippen LogP contribution in [0.2, 0.25) is 0 Å². The van der Waals surface area contributed by atoms with Gasteiger partial charge in [-0.3, -0.25) is 9.69 Å². The summed E-state index contributed by atoms with van der Waals surface area (Å²) >= 11 is 0. The maximum absolute atomic E-state index is 13.9. The minimum absolute atomic E-state index is 0.0789. The lowest BCUT2D eigenvalue weighted by molar-refractivity contribution is -0.137. The Morgan fingerprint density at radius 2 is 1.91 bits per heavy atom. The number of benzene rings is 1. The van der Waals surface area contributed by atoms with Crippen LogP contribution in [0, 0.1) is 11.6 Å². The van der Waals surface area contributed by atoms with E-state index in [1.165, 1.54) is 12.1 Å². The molecule has 0 bridgehead atoms. The zero-order chi connectivity index (χ0) is 16.8. The van der Waals surface area contributed by atoms with Gasteiger partial charge in [0.25, 0.3) is 0 Å². The molecule has 1 aliphatic rings. The average Bonchev–Trinajstić information content (AvgIpc) is 2.51. The predicted octanol–water partition coefficient (Wildman–Crippen LogP) is 2.90. The molecule has 1 N–H and O–H groups in total. The molecule has 2 rings (SSSR count). The fourth-order valence-corrected chi connectivity index (χ4v) is 3.02. The molecule has 128 valence electrons. The Morgan fingerprint density at radius 1 is 1.22 bits per heavy atom. The van der Waals surface area contributed by atoms with Crippen molar-refractivity contribution in [1.29, 1.82) is 0 Å². The van der Waals surface area contributed by atoms with Crippen LogP contribution in [0.3, 0.4) is 0 Å². The van der Waals surface area contributed by atoms with E-state index >= 15 is 0 Å². The maximum atomic E-state index is 13.9. The van der Waals surface area contributed by atoms with Gasteiger partial charge in [0.05, 0.1) is 0 Å². The number of carboxylic acids is 1. The van der Waals surface area contributed by atoms with Crippen LogP contribution in [0.15, 0.2) is 18.2 Å². The molecule has 0 amide bonds. The first kappa shape index (κ1) is 17.8. The molecule has 0 radical (unpaired) electrons. The van der Waals surface area contributed by atoms with Gasteiger partial charge in [-0.25, -0.2) is 8.78 Å². The van der Waals surface area contributed by atoms with E-state index in [2.05, 4.69) is 9.80 Å². The van der Waals surface area contributed by atoms with Gasteiger partial charge < -0.3 is 10.0 Å². The summed E-state index contributed by atoms with van der Waals surface area (Å²) in [7, 11) is 0. The van der Waals surface area contributed by atoms with Crippen molar-refractivity contribution >= 4 is 5.97 Å². The lowest BCUT2D eigenvalue weighted by Crippen LogP contribution is -2.47. The molecule has 1 fully saturated rings. The van der Waals surface area contributed by atoms with E-state index in [0.717, 1.165) is 45.2 Å². The van der Waals surface area contributed by atoms with Crippen LogP contribution >= 0.6 is 0 Å². The zero-order valence-electron chi connectivity index (χ0n) is 13.5. The van der Waals surface area contributed by atoms with Gasteiger partial charge in [0.1, 0.15) is 11.6 Å². The second kappa shape index (κ2) is 8.36. The molecule has 23 heavy (non-hydrogen) atoms. The van der Waals surface area contributed by atoms with Gasteiger partial charge in [-0.2, -0.15) is 0 Å². The topological polar surface area (TPSA) is 43.8 Å². The summed E-state index contributed by atoms with van der Waals surface area (Å²) in [5.41, 5.74) is 0.529. The highest BCUT2D eigenvalue weighted by atomic mass is 19.1. The molecule has 0 aromatic heterocycles. The van der Waals surface area contributed by atoms with E-state index in [4.69, 9.17) is 5.11 Å². The van der Waals surface area contributed by atoms with Crippen LogP contribution in [-0.4, -0.2) is 53.6 Å². The van der Waals surface area contributed by atoms with Crippen LogP contribution in [-0.2, 0) is 4.79 Å². The van der Waals surface area contributed by atoms with Gasteiger partial charge in [0, 0.05) is 50.3 Å². The second-order valence-electron chi connectivity index (χ2n) is 6.07. The van der Waals surface area contributed by atoms with Gasteiger partial charge in [-0.05, 0) is 32.4 Å². The van der Waals surface area contributed by atoms with E-state index in [-0.39, 0.29) is 12.5 Å². The summed E-state index contributed by atoms with van der Waals surface area (Å²) in [4.78, 5) is 15.0. The lowest BCUT2D eigenvalue weighted by atomic mass is 10.1. The number of hydrogen-bond donors (Lipinski definition) is 1. The molecule has 0 saturated carbocycles. The third-order valence-corrected chi connectivity index (χ3v) is 4.48. The number of nitrogens with zero attached hydrogens (tertiary/aromatic N) is 2. The Bertz CT molecular complexity index is 531. The predicted molar refractivity (Wildman–Crippen MR) is 84.3 cm³/mol. The number of unbranched alkanes of at least 4 members (excludes halogenated alkanes) is 1. The monoisotopic (exact) mass is 326 g/mol. The zero-order valence-corrected chi connectivity index (χ0v) is 13.5. The normalized spacial score (nSPS) is 18.0. The van der Waals surface area contributed by atoms with E-state index in [9.17, 15) is 13.6 Å². The van der Waals surface area contributed by atoms with Crippen molar-refractivity contribution < 1.29 is 18.7 Å². The van der Waals surface area contributed by atoms with E-state index in [0.29, 0.717) is 12.0 Å². The Morgan fingerprint density at radius 3 is 2.52 bits per heavy atom. The molecule has 1 aromatic carbocycles. The summed E-state index contributed by atoms with van der Waals surface area (Å²) in [5.74, 6) is -1.79. The van der Waals surface area contributed by atoms with Gasteiger partial charge >= 0.3 is 5.97 Å². The standard InChI is InChI=1S/C17H24F2N2O2/c1-13(15-6-5-14(18)12-16(15)19)21-10-8-20(9-11-21)7-3-2-4-17(22)23/h5-6,12-13H,2-4,7-11H2,1H3,(H,22,23). The lowest BCUT2D eigenvalue weighted by Gasteiger charge is -2.38. The highest BCUT2D eigenvalue weighted by molar-refractivity contribution is 5.66. The molecular formula is C17H24F2N2O2. The molecule has 1 unspecified atom stereocenters. The summed E-state index contributed by atoms with van der Waals surface area (Å²) in [6.45, 7) is 6.29. The van der Waals surface area contributed by atoms with Gasteiger partial charge in [0.15, 0.2) is 0 Å². The molecule has 1 atom stereocenters. The first-order chi connectivity index (χ1) is 11.0. The summed E-state index contributed by atoms with van der Waals surface area (Å²) in [6, 6.07) is 3.68. The van der Waals surface area contributed by atoms with Gasteiger partial charge in [0.2, 0.25) is 0 Å². The van der Waals surface area contributed by atoms with E-state index in [1.54, 1.807) is 0 Å². The fraction of sp³-hybridized carbons (Fsp3) is 0.588. The van der Waals surface area contributed by atoms with E-state index in [1.807, 2.05) is 6.92 Å². The third kappa shape index (κ3) is 5.25. The SMILES string of the molecule is CC(c1ccc(F)cc1F)N1CCN(CCCCC(=O)O)CC1. The van der Waals surface area contributed by atoms with Crippen molar-refractivity contribution in [1.82, 2.24) is 9.80 Å². The van der Waals surface area contributed by atoms with Crippen molar-refractivity contribution in [3.63, 3.8) is 0 Å². The Balaban J connectivity index is 1.78. The van der Waals surface area contributed by atoms with Crippen LogP contribution in [0.4, 0.5) is 8.78 Å². The Hall–Kier alpha value is -1.53. The summed E-state index contributed by atoms with van der Waals surface area (Å²) < 4.78 is 26.9. The van der Waals surface area contributed by atoms with Crippen molar-refractivity contribution in [2.75, 3.05) is 32.7 Å². The van der Waals surface area contributed by atoms with Crippen LogP contribution in [0.5, 0.6) is 0 Å². The first-order valence-corrected chi connectivity index (χ1v) is 8.10. The van der Waals surface area contributed by atoms with Crippen molar-refractivity contribution in [2.24, 2.45) is 0 Å².